The number of ether oxygens (including phenoxy) is 1. The number of piperazine rings is 1. The molecule has 3 aromatic rings. The maximum atomic E-state index is 13.6. The van der Waals surface area contributed by atoms with E-state index in [2.05, 4.69) is 9.88 Å². The minimum atomic E-state index is -0.385. The highest BCUT2D eigenvalue weighted by Gasteiger charge is 2.25. The Hall–Kier alpha value is -3.09. The Morgan fingerprint density at radius 1 is 1.19 bits per heavy atom. The molecule has 6 nitrogen and oxygen atoms in total. The third-order valence-corrected chi connectivity index (χ3v) is 4.65. The normalized spacial score (nSPS) is 14.7. The molecule has 1 aliphatic rings. The Kier molecular flexibility index (Phi) is 4.20. The van der Waals surface area contributed by atoms with Gasteiger partial charge in [0.15, 0.2) is 11.6 Å². The van der Waals surface area contributed by atoms with Gasteiger partial charge in [-0.2, -0.15) is 0 Å². The van der Waals surface area contributed by atoms with Crippen LogP contribution in [0, 0.1) is 5.82 Å². The van der Waals surface area contributed by atoms with Crippen molar-refractivity contribution < 1.29 is 18.3 Å². The molecule has 0 N–H and O–H groups in total. The SMILES string of the molecule is COc1cc(N2CCN(C(=O)c3nccc4occc34)CC2)ccc1F. The number of carbonyl (C=O) groups excluding carboxylic acids is 1. The van der Waals surface area contributed by atoms with Crippen molar-refractivity contribution in [3.8, 4) is 5.75 Å². The van der Waals surface area contributed by atoms with Gasteiger partial charge in [-0.15, -0.1) is 0 Å². The van der Waals surface area contributed by atoms with Crippen LogP contribution in [0.1, 0.15) is 10.5 Å². The fourth-order valence-corrected chi connectivity index (χ4v) is 3.23. The van der Waals surface area contributed by atoms with E-state index in [1.807, 2.05) is 0 Å². The van der Waals surface area contributed by atoms with Crippen molar-refractivity contribution in [2.45, 2.75) is 0 Å². The van der Waals surface area contributed by atoms with Crippen LogP contribution in [0.5, 0.6) is 5.75 Å². The summed E-state index contributed by atoms with van der Waals surface area (Å²) in [5, 5.41) is 0.725. The number of methoxy groups -OCH3 is 1. The lowest BCUT2D eigenvalue weighted by Crippen LogP contribution is -2.49. The Morgan fingerprint density at radius 2 is 2.00 bits per heavy atom. The zero-order valence-corrected chi connectivity index (χ0v) is 14.3. The standard InChI is InChI=1S/C19H18FN3O3/c1-25-17-12-13(2-3-15(17)20)22-7-9-23(10-8-22)19(24)18-14-5-11-26-16(14)4-6-21-18/h2-6,11-12H,7-10H2,1H3. The number of nitrogens with zero attached hydrogens (tertiary/aromatic N) is 3. The number of halogens is 1. The van der Waals surface area contributed by atoms with Crippen molar-refractivity contribution in [1.29, 1.82) is 0 Å². The van der Waals surface area contributed by atoms with Crippen molar-refractivity contribution in [3.63, 3.8) is 0 Å². The maximum absolute atomic E-state index is 13.6. The average molecular weight is 355 g/mol. The highest BCUT2D eigenvalue weighted by Crippen LogP contribution is 2.26. The molecule has 1 amide bonds. The largest absolute Gasteiger partial charge is 0.494 e. The summed E-state index contributed by atoms with van der Waals surface area (Å²) >= 11 is 0. The van der Waals surface area contributed by atoms with Gasteiger partial charge in [-0.25, -0.2) is 4.39 Å². The molecule has 0 bridgehead atoms. The lowest BCUT2D eigenvalue weighted by molar-refractivity contribution is 0.0743. The summed E-state index contributed by atoms with van der Waals surface area (Å²) in [5.41, 5.74) is 1.94. The first kappa shape index (κ1) is 16.4. The third-order valence-electron chi connectivity index (χ3n) is 4.65. The van der Waals surface area contributed by atoms with Crippen molar-refractivity contribution in [2.75, 3.05) is 38.2 Å². The van der Waals surface area contributed by atoms with Gasteiger partial charge < -0.3 is 19.0 Å². The number of anilines is 1. The Labute approximate surface area is 149 Å². The third kappa shape index (κ3) is 2.85. The summed E-state index contributed by atoms with van der Waals surface area (Å²) < 4.78 is 24.0. The number of furan rings is 1. The van der Waals surface area contributed by atoms with Crippen molar-refractivity contribution in [3.05, 3.63) is 54.3 Å². The Bertz CT molecular complexity index is 948. The molecule has 0 atom stereocenters. The molecule has 3 heterocycles. The summed E-state index contributed by atoms with van der Waals surface area (Å²) in [6, 6.07) is 8.31. The lowest BCUT2D eigenvalue weighted by atomic mass is 10.2. The number of pyridine rings is 1. The quantitative estimate of drug-likeness (QED) is 0.723. The summed E-state index contributed by atoms with van der Waals surface area (Å²) in [4.78, 5) is 21.0. The van der Waals surface area contributed by atoms with Gasteiger partial charge in [0, 0.05) is 44.1 Å². The van der Waals surface area contributed by atoms with Crippen LogP contribution in [0.2, 0.25) is 0 Å². The highest BCUT2D eigenvalue weighted by atomic mass is 19.1. The Balaban J connectivity index is 1.48. The number of fused-ring (bicyclic) bond motifs is 1. The molecule has 1 aromatic carbocycles. The molecule has 134 valence electrons. The Morgan fingerprint density at radius 3 is 2.77 bits per heavy atom. The topological polar surface area (TPSA) is 58.8 Å². The van der Waals surface area contributed by atoms with Gasteiger partial charge in [0.05, 0.1) is 18.8 Å². The molecule has 26 heavy (non-hydrogen) atoms. The zero-order valence-electron chi connectivity index (χ0n) is 14.3. The second-order valence-electron chi connectivity index (χ2n) is 6.09. The molecular weight excluding hydrogens is 337 g/mol. The summed E-state index contributed by atoms with van der Waals surface area (Å²) in [6.45, 7) is 2.44. The number of carbonyl (C=O) groups is 1. The van der Waals surface area contributed by atoms with Gasteiger partial charge >= 0.3 is 0 Å². The molecule has 1 fully saturated rings. The fourth-order valence-electron chi connectivity index (χ4n) is 3.23. The summed E-state index contributed by atoms with van der Waals surface area (Å²) in [6.07, 6.45) is 3.14. The van der Waals surface area contributed by atoms with E-state index in [0.717, 1.165) is 11.1 Å². The average Bonchev–Trinajstić information content (AvgIpc) is 3.17. The van der Waals surface area contributed by atoms with Crippen molar-refractivity contribution in [2.24, 2.45) is 0 Å². The van der Waals surface area contributed by atoms with E-state index in [9.17, 15) is 9.18 Å². The van der Waals surface area contributed by atoms with Crippen molar-refractivity contribution in [1.82, 2.24) is 9.88 Å². The van der Waals surface area contributed by atoms with Crippen LogP contribution in [-0.4, -0.2) is 49.1 Å². The smallest absolute Gasteiger partial charge is 0.273 e. The first-order valence-electron chi connectivity index (χ1n) is 8.37. The zero-order chi connectivity index (χ0) is 18.1. The van der Waals surface area contributed by atoms with Gasteiger partial charge in [0.25, 0.3) is 5.91 Å². The van der Waals surface area contributed by atoms with Crippen LogP contribution < -0.4 is 9.64 Å². The number of amides is 1. The van der Waals surface area contributed by atoms with Gasteiger partial charge in [-0.1, -0.05) is 0 Å². The molecule has 0 aliphatic carbocycles. The molecule has 1 aliphatic heterocycles. The first-order chi connectivity index (χ1) is 12.7. The molecule has 0 saturated carbocycles. The molecular formula is C19H18FN3O3. The highest BCUT2D eigenvalue weighted by molar-refractivity contribution is 6.04. The number of hydrogen-bond acceptors (Lipinski definition) is 5. The van der Waals surface area contributed by atoms with E-state index < -0.39 is 0 Å². The predicted molar refractivity (Wildman–Crippen MR) is 95.1 cm³/mol. The van der Waals surface area contributed by atoms with Gasteiger partial charge in [0.1, 0.15) is 11.3 Å². The van der Waals surface area contributed by atoms with E-state index in [4.69, 9.17) is 9.15 Å². The van der Waals surface area contributed by atoms with E-state index in [0.29, 0.717) is 37.5 Å². The summed E-state index contributed by atoms with van der Waals surface area (Å²) in [7, 11) is 1.45. The molecule has 1 saturated heterocycles. The molecule has 0 unspecified atom stereocenters. The molecule has 7 heteroatoms. The second-order valence-corrected chi connectivity index (χ2v) is 6.09. The van der Waals surface area contributed by atoms with Crippen LogP contribution in [0.4, 0.5) is 10.1 Å². The molecule has 0 radical (unpaired) electrons. The van der Waals surface area contributed by atoms with Gasteiger partial charge in [-0.05, 0) is 24.3 Å². The molecule has 4 rings (SSSR count). The maximum Gasteiger partial charge on any atom is 0.273 e. The minimum absolute atomic E-state index is 0.103. The molecule has 0 spiro atoms. The van der Waals surface area contributed by atoms with E-state index >= 15 is 0 Å². The monoisotopic (exact) mass is 355 g/mol. The van der Waals surface area contributed by atoms with E-state index in [1.54, 1.807) is 41.6 Å². The molecule has 2 aromatic heterocycles. The predicted octanol–water partition coefficient (Wildman–Crippen LogP) is 2.94. The number of benzene rings is 1. The van der Waals surface area contributed by atoms with Crippen LogP contribution >= 0.6 is 0 Å². The summed E-state index contributed by atoms with van der Waals surface area (Å²) in [5.74, 6) is -0.269. The van der Waals surface area contributed by atoms with Crippen LogP contribution in [0.3, 0.4) is 0 Å². The van der Waals surface area contributed by atoms with E-state index in [-0.39, 0.29) is 17.5 Å². The van der Waals surface area contributed by atoms with Gasteiger partial charge in [-0.3, -0.25) is 9.78 Å². The van der Waals surface area contributed by atoms with Crippen LogP contribution in [0.15, 0.2) is 47.2 Å². The first-order valence-corrected chi connectivity index (χ1v) is 8.37. The van der Waals surface area contributed by atoms with Crippen LogP contribution in [0.25, 0.3) is 11.0 Å². The minimum Gasteiger partial charge on any atom is -0.494 e. The number of hydrogen-bond donors (Lipinski definition) is 0. The number of aromatic nitrogens is 1. The van der Waals surface area contributed by atoms with Crippen molar-refractivity contribution >= 4 is 22.6 Å². The van der Waals surface area contributed by atoms with E-state index in [1.165, 1.54) is 13.2 Å². The van der Waals surface area contributed by atoms with Crippen LogP contribution in [-0.2, 0) is 0 Å². The number of rotatable bonds is 3. The van der Waals surface area contributed by atoms with Gasteiger partial charge in [0.2, 0.25) is 0 Å². The fraction of sp³-hybridized carbons (Fsp3) is 0.263. The lowest BCUT2D eigenvalue weighted by Gasteiger charge is -2.36. The second kappa shape index (κ2) is 6.67.